The number of benzene rings is 3. The molecule has 9 nitrogen and oxygen atoms in total. The quantitative estimate of drug-likeness (QED) is 0.154. The number of rotatable bonds is 7. The number of ether oxygens (including phenoxy) is 1. The van der Waals surface area contributed by atoms with Gasteiger partial charge in [-0.2, -0.15) is 0 Å². The second-order valence-electron chi connectivity index (χ2n) is 12.0. The summed E-state index contributed by atoms with van der Waals surface area (Å²) in [6, 6.07) is 19.5. The van der Waals surface area contributed by atoms with Crippen molar-refractivity contribution in [3.05, 3.63) is 83.0 Å². The van der Waals surface area contributed by atoms with E-state index in [1.165, 1.54) is 0 Å². The van der Waals surface area contributed by atoms with Gasteiger partial charge in [0.25, 0.3) is 5.91 Å². The third-order valence-electron chi connectivity index (χ3n) is 7.85. The number of hydrogen-bond acceptors (Lipinski definition) is 5. The maximum absolute atomic E-state index is 14.0. The van der Waals surface area contributed by atoms with Gasteiger partial charge in [-0.1, -0.05) is 54.6 Å². The third-order valence-corrected chi connectivity index (χ3v) is 7.85. The fourth-order valence-corrected chi connectivity index (χ4v) is 5.88. The SMILES string of the molecule is CC(C)(C)OC(=O)NC1CCC(NC(=O)c2c(CO)c3ccc(C(=N)N)cc3n2Cc2cccc3ccccc23)CC1. The number of amides is 2. The van der Waals surface area contributed by atoms with Crippen LogP contribution in [-0.2, 0) is 17.9 Å². The molecule has 220 valence electrons. The number of aromatic nitrogens is 1. The minimum Gasteiger partial charge on any atom is -0.444 e. The molecule has 0 bridgehead atoms. The summed E-state index contributed by atoms with van der Waals surface area (Å²) in [5.74, 6) is -0.327. The zero-order valence-electron chi connectivity index (χ0n) is 24.4. The van der Waals surface area contributed by atoms with E-state index < -0.39 is 11.7 Å². The number of aliphatic hydroxyl groups excluding tert-OH is 1. The first-order valence-electron chi connectivity index (χ1n) is 14.4. The molecule has 0 radical (unpaired) electrons. The van der Waals surface area contributed by atoms with Gasteiger partial charge in [0.15, 0.2) is 0 Å². The van der Waals surface area contributed by atoms with Crippen LogP contribution in [-0.4, -0.2) is 45.2 Å². The molecule has 1 aromatic heterocycles. The normalized spacial score (nSPS) is 17.2. The van der Waals surface area contributed by atoms with Crippen molar-refractivity contribution in [2.24, 2.45) is 5.73 Å². The molecule has 3 aromatic carbocycles. The highest BCUT2D eigenvalue weighted by Crippen LogP contribution is 2.31. The summed E-state index contributed by atoms with van der Waals surface area (Å²) >= 11 is 0. The number of aliphatic hydroxyl groups is 1. The lowest BCUT2D eigenvalue weighted by Crippen LogP contribution is -2.45. The Kier molecular flexibility index (Phi) is 8.22. The molecule has 1 saturated carbocycles. The van der Waals surface area contributed by atoms with Gasteiger partial charge in [-0.3, -0.25) is 10.2 Å². The Bertz CT molecular complexity index is 1640. The van der Waals surface area contributed by atoms with Crippen LogP contribution in [0.2, 0.25) is 0 Å². The molecule has 0 spiro atoms. The number of nitrogen functional groups attached to an aromatic ring is 1. The Morgan fingerprint density at radius 2 is 1.64 bits per heavy atom. The molecule has 0 atom stereocenters. The molecule has 1 fully saturated rings. The van der Waals surface area contributed by atoms with E-state index in [2.05, 4.69) is 28.8 Å². The molecule has 9 heteroatoms. The van der Waals surface area contributed by atoms with Crippen molar-refractivity contribution in [3.8, 4) is 0 Å². The topological polar surface area (TPSA) is 142 Å². The lowest BCUT2D eigenvalue weighted by Gasteiger charge is -2.30. The predicted octanol–water partition coefficient (Wildman–Crippen LogP) is 5.18. The lowest BCUT2D eigenvalue weighted by molar-refractivity contribution is 0.0487. The maximum atomic E-state index is 14.0. The van der Waals surface area contributed by atoms with Gasteiger partial charge in [-0.25, -0.2) is 4.79 Å². The van der Waals surface area contributed by atoms with Crippen molar-refractivity contribution in [1.82, 2.24) is 15.2 Å². The molecule has 42 heavy (non-hydrogen) atoms. The number of nitrogens with two attached hydrogens (primary N) is 1. The monoisotopic (exact) mass is 569 g/mol. The van der Waals surface area contributed by atoms with Crippen LogP contribution in [0.1, 0.15) is 73.6 Å². The van der Waals surface area contributed by atoms with E-state index in [1.807, 2.05) is 61.7 Å². The smallest absolute Gasteiger partial charge is 0.407 e. The molecule has 1 aliphatic carbocycles. The highest BCUT2D eigenvalue weighted by Gasteiger charge is 2.29. The molecule has 0 saturated heterocycles. The van der Waals surface area contributed by atoms with Gasteiger partial charge >= 0.3 is 6.09 Å². The highest BCUT2D eigenvalue weighted by molar-refractivity contribution is 6.05. The Morgan fingerprint density at radius 1 is 0.976 bits per heavy atom. The first kappa shape index (κ1) is 29.1. The van der Waals surface area contributed by atoms with Crippen LogP contribution in [0.4, 0.5) is 4.79 Å². The van der Waals surface area contributed by atoms with Crippen LogP contribution in [0.25, 0.3) is 21.7 Å². The summed E-state index contributed by atoms with van der Waals surface area (Å²) < 4.78 is 7.32. The number of amidine groups is 1. The van der Waals surface area contributed by atoms with Crippen LogP contribution >= 0.6 is 0 Å². The van der Waals surface area contributed by atoms with E-state index in [0.717, 1.165) is 40.1 Å². The zero-order chi connectivity index (χ0) is 30.0. The standard InChI is InChI=1S/C33H39N5O4/c1-33(2,3)42-32(41)37-24-14-12-23(13-15-24)36-31(40)29-27(19-39)26-16-11-21(30(34)35)17-28(26)38(29)18-22-9-6-8-20-7-4-5-10-25(20)22/h4-11,16-17,23-24,39H,12-15,18-19H2,1-3H3,(H3,34,35)(H,36,40)(H,37,41). The first-order chi connectivity index (χ1) is 20.0. The number of carbonyl (C=O) groups excluding carboxylic acids is 2. The second kappa shape index (κ2) is 11.9. The van der Waals surface area contributed by atoms with Crippen molar-refractivity contribution in [1.29, 1.82) is 5.41 Å². The number of fused-ring (bicyclic) bond motifs is 2. The Balaban J connectivity index is 1.44. The average Bonchev–Trinajstić information content (AvgIpc) is 3.26. The van der Waals surface area contributed by atoms with Gasteiger partial charge in [0.2, 0.25) is 0 Å². The van der Waals surface area contributed by atoms with Gasteiger partial charge in [0.05, 0.1) is 12.1 Å². The van der Waals surface area contributed by atoms with E-state index >= 15 is 0 Å². The Hall–Kier alpha value is -4.37. The van der Waals surface area contributed by atoms with Gasteiger partial charge < -0.3 is 30.8 Å². The van der Waals surface area contributed by atoms with Gasteiger partial charge in [0, 0.05) is 35.1 Å². The summed E-state index contributed by atoms with van der Waals surface area (Å²) in [5.41, 5.74) is 8.52. The number of hydrogen-bond donors (Lipinski definition) is 5. The van der Waals surface area contributed by atoms with Crippen molar-refractivity contribution in [2.75, 3.05) is 0 Å². The summed E-state index contributed by atoms with van der Waals surface area (Å²) in [6.07, 6.45) is 2.43. The average molecular weight is 570 g/mol. The molecule has 0 unspecified atom stereocenters. The van der Waals surface area contributed by atoms with E-state index in [-0.39, 0.29) is 30.4 Å². The number of nitrogens with zero attached hydrogens (tertiary/aromatic N) is 1. The van der Waals surface area contributed by atoms with E-state index in [0.29, 0.717) is 36.2 Å². The number of carbonyl (C=O) groups is 2. The molecular weight excluding hydrogens is 530 g/mol. The fraction of sp³-hybridized carbons (Fsp3) is 0.364. The predicted molar refractivity (Wildman–Crippen MR) is 165 cm³/mol. The molecular formula is C33H39N5O4. The van der Waals surface area contributed by atoms with Crippen LogP contribution in [0.15, 0.2) is 60.7 Å². The molecule has 6 N–H and O–H groups in total. The molecule has 4 aromatic rings. The summed E-state index contributed by atoms with van der Waals surface area (Å²) in [6.45, 7) is 5.59. The minimum absolute atomic E-state index is 0.0104. The van der Waals surface area contributed by atoms with Gasteiger partial charge in [-0.05, 0) is 68.9 Å². The Morgan fingerprint density at radius 3 is 2.31 bits per heavy atom. The summed E-state index contributed by atoms with van der Waals surface area (Å²) in [5, 5.41) is 27.5. The molecule has 2 amide bonds. The molecule has 1 aliphatic rings. The fourth-order valence-electron chi connectivity index (χ4n) is 5.88. The molecule has 5 rings (SSSR count). The maximum Gasteiger partial charge on any atom is 0.407 e. The van der Waals surface area contributed by atoms with Crippen molar-refractivity contribution < 1.29 is 19.4 Å². The van der Waals surface area contributed by atoms with Gasteiger partial charge in [-0.15, -0.1) is 0 Å². The van der Waals surface area contributed by atoms with Gasteiger partial charge in [0.1, 0.15) is 17.1 Å². The highest BCUT2D eigenvalue weighted by atomic mass is 16.6. The largest absolute Gasteiger partial charge is 0.444 e. The number of nitrogens with one attached hydrogen (secondary N) is 3. The van der Waals surface area contributed by atoms with Crippen LogP contribution < -0.4 is 16.4 Å². The van der Waals surface area contributed by atoms with E-state index in [1.54, 1.807) is 6.07 Å². The van der Waals surface area contributed by atoms with Crippen LogP contribution in [0.3, 0.4) is 0 Å². The molecule has 0 aliphatic heterocycles. The Labute approximate surface area is 245 Å². The van der Waals surface area contributed by atoms with Crippen molar-refractivity contribution in [3.63, 3.8) is 0 Å². The minimum atomic E-state index is -0.560. The molecule has 1 heterocycles. The number of alkyl carbamates (subject to hydrolysis) is 1. The van der Waals surface area contributed by atoms with Crippen molar-refractivity contribution in [2.45, 2.75) is 77.3 Å². The van der Waals surface area contributed by atoms with E-state index in [4.69, 9.17) is 15.9 Å². The van der Waals surface area contributed by atoms with Crippen molar-refractivity contribution >= 4 is 39.5 Å². The summed E-state index contributed by atoms with van der Waals surface area (Å²) in [7, 11) is 0. The second-order valence-corrected chi connectivity index (χ2v) is 12.0. The third kappa shape index (κ3) is 6.26. The first-order valence-corrected chi connectivity index (χ1v) is 14.4. The van der Waals surface area contributed by atoms with E-state index in [9.17, 15) is 14.7 Å². The van der Waals surface area contributed by atoms with Crippen LogP contribution in [0, 0.1) is 5.41 Å². The lowest BCUT2D eigenvalue weighted by atomic mass is 9.91. The summed E-state index contributed by atoms with van der Waals surface area (Å²) in [4.78, 5) is 26.2. The van der Waals surface area contributed by atoms with Crippen LogP contribution in [0.5, 0.6) is 0 Å². The zero-order valence-corrected chi connectivity index (χ0v) is 24.4.